The maximum Gasteiger partial charge on any atom is 0.237 e. The number of hydrogen-bond donors (Lipinski definition) is 1. The maximum atomic E-state index is 12.7. The van der Waals surface area contributed by atoms with E-state index in [2.05, 4.69) is 20.4 Å². The molecule has 0 spiro atoms. The molecule has 0 aliphatic carbocycles. The fraction of sp³-hybridized carbons (Fsp3) is 0.318. The lowest BCUT2D eigenvalue weighted by Gasteiger charge is -2.28. The van der Waals surface area contributed by atoms with Gasteiger partial charge < -0.3 is 19.5 Å². The van der Waals surface area contributed by atoms with Gasteiger partial charge in [-0.2, -0.15) is 0 Å². The van der Waals surface area contributed by atoms with Gasteiger partial charge in [-0.1, -0.05) is 23.4 Å². The predicted octanol–water partition coefficient (Wildman–Crippen LogP) is 4.09. The summed E-state index contributed by atoms with van der Waals surface area (Å²) >= 11 is 7.33. The van der Waals surface area contributed by atoms with E-state index in [-0.39, 0.29) is 11.2 Å². The number of thioether (sulfide) groups is 1. The molecule has 0 saturated carbocycles. The minimum atomic E-state index is -0.333. The number of rotatable bonds is 6. The van der Waals surface area contributed by atoms with Crippen molar-refractivity contribution in [3.8, 4) is 11.4 Å². The topological polar surface area (TPSA) is 72.3 Å². The van der Waals surface area contributed by atoms with Crippen LogP contribution in [0, 0.1) is 0 Å². The van der Waals surface area contributed by atoms with E-state index in [1.54, 1.807) is 0 Å². The first-order valence-corrected chi connectivity index (χ1v) is 11.3. The normalized spacial score (nSPS) is 15.0. The van der Waals surface area contributed by atoms with Crippen LogP contribution in [0.5, 0.6) is 0 Å². The first-order chi connectivity index (χ1) is 15.0. The van der Waals surface area contributed by atoms with Crippen LogP contribution in [-0.4, -0.2) is 52.2 Å². The highest BCUT2D eigenvalue weighted by molar-refractivity contribution is 8.00. The number of nitrogens with zero attached hydrogens (tertiary/aromatic N) is 4. The number of hydrogen-bond acceptors (Lipinski definition) is 6. The Balaban J connectivity index is 1.37. The number of amides is 1. The van der Waals surface area contributed by atoms with Gasteiger partial charge in [-0.25, -0.2) is 0 Å². The van der Waals surface area contributed by atoms with Crippen LogP contribution in [0.3, 0.4) is 0 Å². The van der Waals surface area contributed by atoms with Crippen molar-refractivity contribution in [3.63, 3.8) is 0 Å². The van der Waals surface area contributed by atoms with E-state index in [0.717, 1.165) is 49.1 Å². The molecular formula is C22H24ClN5O2S. The second-order valence-corrected chi connectivity index (χ2v) is 9.01. The highest BCUT2D eigenvalue weighted by Gasteiger charge is 2.20. The van der Waals surface area contributed by atoms with Crippen LogP contribution >= 0.6 is 23.4 Å². The number of anilines is 2. The molecule has 3 aromatic rings. The summed E-state index contributed by atoms with van der Waals surface area (Å²) in [6.45, 7) is 5.12. The number of carbonyl (C=O) groups is 1. The van der Waals surface area contributed by atoms with Crippen LogP contribution in [-0.2, 0) is 16.6 Å². The summed E-state index contributed by atoms with van der Waals surface area (Å²) in [7, 11) is 1.89. The number of morpholine rings is 1. The van der Waals surface area contributed by atoms with Crippen molar-refractivity contribution in [2.75, 3.05) is 36.5 Å². The van der Waals surface area contributed by atoms with Crippen LogP contribution in [0.25, 0.3) is 11.4 Å². The molecule has 0 radical (unpaired) electrons. The van der Waals surface area contributed by atoms with E-state index in [0.29, 0.717) is 10.2 Å². The number of ether oxygens (including phenoxy) is 1. The molecular weight excluding hydrogens is 434 g/mol. The third-order valence-electron chi connectivity index (χ3n) is 5.10. The average Bonchev–Trinajstić information content (AvgIpc) is 3.15. The highest BCUT2D eigenvalue weighted by atomic mass is 35.5. The SMILES string of the molecule is C[C@@H](Sc1nnc(-c2ccc(Cl)cc2)n1C)C(=O)Nc1ccc(N2CCOCC2)cc1. The van der Waals surface area contributed by atoms with Crippen LogP contribution in [0.1, 0.15) is 6.92 Å². The van der Waals surface area contributed by atoms with Gasteiger partial charge in [0, 0.05) is 42.1 Å². The minimum absolute atomic E-state index is 0.0832. The van der Waals surface area contributed by atoms with E-state index < -0.39 is 0 Å². The maximum absolute atomic E-state index is 12.7. The molecule has 2 aromatic carbocycles. The van der Waals surface area contributed by atoms with E-state index in [1.807, 2.05) is 67.1 Å². The second kappa shape index (κ2) is 9.72. The molecule has 1 aromatic heterocycles. The molecule has 31 heavy (non-hydrogen) atoms. The minimum Gasteiger partial charge on any atom is -0.378 e. The van der Waals surface area contributed by atoms with E-state index >= 15 is 0 Å². The molecule has 1 atom stereocenters. The smallest absolute Gasteiger partial charge is 0.237 e. The standard InChI is InChI=1S/C22H24ClN5O2S/c1-15(31-22-26-25-20(27(22)2)16-3-5-17(23)6-4-16)21(29)24-18-7-9-19(10-8-18)28-11-13-30-14-12-28/h3-10,15H,11-14H2,1-2H3,(H,24,29)/t15-/m1/s1. The summed E-state index contributed by atoms with van der Waals surface area (Å²) in [4.78, 5) is 15.0. The van der Waals surface area contributed by atoms with Crippen LogP contribution < -0.4 is 10.2 Å². The molecule has 1 aliphatic rings. The van der Waals surface area contributed by atoms with Gasteiger partial charge in [0.1, 0.15) is 0 Å². The van der Waals surface area contributed by atoms with Gasteiger partial charge in [-0.05, 0) is 55.5 Å². The summed E-state index contributed by atoms with van der Waals surface area (Å²) in [6.07, 6.45) is 0. The second-order valence-electron chi connectivity index (χ2n) is 7.27. The zero-order valence-corrected chi connectivity index (χ0v) is 19.0. The van der Waals surface area contributed by atoms with Gasteiger partial charge >= 0.3 is 0 Å². The molecule has 7 nitrogen and oxygen atoms in total. The van der Waals surface area contributed by atoms with E-state index in [4.69, 9.17) is 16.3 Å². The van der Waals surface area contributed by atoms with Crippen LogP contribution in [0.15, 0.2) is 53.7 Å². The third kappa shape index (κ3) is 5.20. The van der Waals surface area contributed by atoms with Gasteiger partial charge in [-0.3, -0.25) is 4.79 Å². The molecule has 9 heteroatoms. The van der Waals surface area contributed by atoms with Crippen molar-refractivity contribution in [2.45, 2.75) is 17.3 Å². The van der Waals surface area contributed by atoms with E-state index in [9.17, 15) is 4.79 Å². The van der Waals surface area contributed by atoms with Crippen molar-refractivity contribution >= 4 is 40.6 Å². The fourth-order valence-electron chi connectivity index (χ4n) is 3.30. The molecule has 1 fully saturated rings. The molecule has 2 heterocycles. The Labute approximate surface area is 190 Å². The van der Waals surface area contributed by atoms with Crippen LogP contribution in [0.4, 0.5) is 11.4 Å². The summed E-state index contributed by atoms with van der Waals surface area (Å²) in [5.41, 5.74) is 2.83. The monoisotopic (exact) mass is 457 g/mol. The molecule has 1 N–H and O–H groups in total. The van der Waals surface area contributed by atoms with Gasteiger partial charge in [-0.15, -0.1) is 10.2 Å². The Morgan fingerprint density at radius 3 is 2.45 bits per heavy atom. The predicted molar refractivity (Wildman–Crippen MR) is 125 cm³/mol. The van der Waals surface area contributed by atoms with Crippen molar-refractivity contribution in [1.29, 1.82) is 0 Å². The lowest BCUT2D eigenvalue weighted by atomic mass is 10.2. The zero-order valence-electron chi connectivity index (χ0n) is 17.4. The highest BCUT2D eigenvalue weighted by Crippen LogP contribution is 2.27. The number of aromatic nitrogens is 3. The van der Waals surface area contributed by atoms with Gasteiger partial charge in [0.2, 0.25) is 5.91 Å². The van der Waals surface area contributed by atoms with E-state index in [1.165, 1.54) is 11.8 Å². The Hall–Kier alpha value is -2.55. The average molecular weight is 458 g/mol. The largest absolute Gasteiger partial charge is 0.378 e. The van der Waals surface area contributed by atoms with Crippen molar-refractivity contribution in [2.24, 2.45) is 7.05 Å². The zero-order chi connectivity index (χ0) is 21.8. The molecule has 1 saturated heterocycles. The first-order valence-electron chi connectivity index (χ1n) is 10.1. The first kappa shape index (κ1) is 21.7. The Morgan fingerprint density at radius 2 is 1.77 bits per heavy atom. The number of halogens is 1. The summed E-state index contributed by atoms with van der Waals surface area (Å²) in [6, 6.07) is 15.4. The lowest BCUT2D eigenvalue weighted by Crippen LogP contribution is -2.36. The number of benzene rings is 2. The Kier molecular flexibility index (Phi) is 6.80. The van der Waals surface area contributed by atoms with Crippen LogP contribution in [0.2, 0.25) is 5.02 Å². The molecule has 0 bridgehead atoms. The Morgan fingerprint density at radius 1 is 1.10 bits per heavy atom. The molecule has 0 unspecified atom stereocenters. The van der Waals surface area contributed by atoms with Gasteiger partial charge in [0.15, 0.2) is 11.0 Å². The van der Waals surface area contributed by atoms with Crippen molar-refractivity contribution in [1.82, 2.24) is 14.8 Å². The number of nitrogens with one attached hydrogen (secondary N) is 1. The summed E-state index contributed by atoms with van der Waals surface area (Å²) in [5.74, 6) is 0.644. The Bertz CT molecular complexity index is 1030. The summed E-state index contributed by atoms with van der Waals surface area (Å²) in [5, 5.41) is 12.5. The lowest BCUT2D eigenvalue weighted by molar-refractivity contribution is -0.115. The van der Waals surface area contributed by atoms with Gasteiger partial charge in [0.05, 0.1) is 18.5 Å². The number of carbonyl (C=O) groups excluding carboxylic acids is 1. The third-order valence-corrected chi connectivity index (χ3v) is 6.49. The van der Waals surface area contributed by atoms with Gasteiger partial charge in [0.25, 0.3) is 0 Å². The summed E-state index contributed by atoms with van der Waals surface area (Å²) < 4.78 is 7.28. The molecule has 4 rings (SSSR count). The van der Waals surface area contributed by atoms with Crippen molar-refractivity contribution < 1.29 is 9.53 Å². The molecule has 1 aliphatic heterocycles. The fourth-order valence-corrected chi connectivity index (χ4v) is 4.24. The van der Waals surface area contributed by atoms with Crippen molar-refractivity contribution in [3.05, 3.63) is 53.6 Å². The molecule has 162 valence electrons. The molecule has 1 amide bonds. The quantitative estimate of drug-likeness (QED) is 0.562.